The highest BCUT2D eigenvalue weighted by Crippen LogP contribution is 2.33. The Balaban J connectivity index is 1.32. The highest BCUT2D eigenvalue weighted by atomic mass is 35.5. The summed E-state index contributed by atoms with van der Waals surface area (Å²) in [5, 5.41) is 4.23. The maximum absolute atomic E-state index is 16.0. The molecule has 0 amide bonds. The van der Waals surface area contributed by atoms with Crippen molar-refractivity contribution in [2.75, 3.05) is 57.8 Å². The number of halogens is 3. The van der Waals surface area contributed by atoms with E-state index in [2.05, 4.69) is 30.1 Å². The molecule has 0 spiro atoms. The Morgan fingerprint density at radius 3 is 2.45 bits per heavy atom. The number of hydrogen-bond acceptors (Lipinski definition) is 9. The van der Waals surface area contributed by atoms with E-state index in [9.17, 15) is 4.79 Å². The van der Waals surface area contributed by atoms with Crippen molar-refractivity contribution in [3.05, 3.63) is 52.3 Å². The second-order valence-corrected chi connectivity index (χ2v) is 11.2. The number of aliphatic imine (C=N–C) groups is 1. The monoisotopic (exact) mass is 590 g/mol. The third-order valence-electron chi connectivity index (χ3n) is 7.50. The molecule has 0 bridgehead atoms. The smallest absolute Gasteiger partial charge is 0.305 e. The Bertz CT molecular complexity index is 1230. The fourth-order valence-corrected chi connectivity index (χ4v) is 5.82. The third-order valence-corrected chi connectivity index (χ3v) is 7.93. The van der Waals surface area contributed by atoms with Gasteiger partial charge in [0.05, 0.1) is 25.2 Å². The van der Waals surface area contributed by atoms with Crippen LogP contribution in [0.5, 0.6) is 5.88 Å². The summed E-state index contributed by atoms with van der Waals surface area (Å²) in [5.74, 6) is 0.407. The van der Waals surface area contributed by atoms with E-state index in [1.807, 2.05) is 6.08 Å². The van der Waals surface area contributed by atoms with E-state index in [1.165, 1.54) is 13.3 Å². The molecule has 0 saturated carbocycles. The molecule has 2 aromatic rings. The summed E-state index contributed by atoms with van der Waals surface area (Å²) in [6.45, 7) is 5.45. The van der Waals surface area contributed by atoms with E-state index >= 15 is 4.39 Å². The van der Waals surface area contributed by atoms with Gasteiger partial charge < -0.3 is 24.6 Å². The van der Waals surface area contributed by atoms with E-state index in [4.69, 9.17) is 32.7 Å². The van der Waals surface area contributed by atoms with Crippen LogP contribution in [0, 0.1) is 11.8 Å². The largest absolute Gasteiger partial charge is 0.469 e. The van der Waals surface area contributed by atoms with Gasteiger partial charge in [0.15, 0.2) is 6.17 Å². The number of benzene rings is 1. The van der Waals surface area contributed by atoms with Crippen LogP contribution >= 0.6 is 23.2 Å². The quantitative estimate of drug-likeness (QED) is 0.478. The molecule has 3 aliphatic heterocycles. The summed E-state index contributed by atoms with van der Waals surface area (Å²) in [5.41, 5.74) is 1.21. The zero-order valence-electron chi connectivity index (χ0n) is 22.4. The number of nitrogens with zero attached hydrogens (tertiary/aromatic N) is 5. The summed E-state index contributed by atoms with van der Waals surface area (Å²) in [7, 11) is 1.41. The highest BCUT2D eigenvalue weighted by molar-refractivity contribution is 6.34. The molecule has 12 heteroatoms. The Morgan fingerprint density at radius 1 is 1.07 bits per heavy atom. The van der Waals surface area contributed by atoms with Gasteiger partial charge in [0.2, 0.25) is 11.8 Å². The first kappa shape index (κ1) is 28.7. The number of carbonyl (C=O) groups excluding carboxylic acids is 1. The molecule has 4 heterocycles. The van der Waals surface area contributed by atoms with Crippen LogP contribution in [-0.4, -0.2) is 85.8 Å². The summed E-state index contributed by atoms with van der Waals surface area (Å²) in [6, 6.07) is 5.13. The topological polar surface area (TPSA) is 92.2 Å². The number of ether oxygens (including phenoxy) is 2. The first-order chi connectivity index (χ1) is 19.4. The first-order valence-electron chi connectivity index (χ1n) is 13.5. The number of hydrogen-bond donors (Lipinski definition) is 1. The number of esters is 1. The van der Waals surface area contributed by atoms with Crippen LogP contribution in [0.15, 0.2) is 41.7 Å². The molecular weight excluding hydrogens is 558 g/mol. The van der Waals surface area contributed by atoms with Gasteiger partial charge in [-0.05, 0) is 50.0 Å². The summed E-state index contributed by atoms with van der Waals surface area (Å²) in [6.07, 6.45) is 5.60. The number of carbonyl (C=O) groups is 1. The lowest BCUT2D eigenvalue weighted by atomic mass is 9.91. The number of methoxy groups -OCH3 is 1. The van der Waals surface area contributed by atoms with Crippen LogP contribution < -0.4 is 15.0 Å². The standard InChI is InChI=1S/C28H33Cl2FN6O3/c1-39-26(38)10-18-2-6-36(7-3-18)17-20-13-23(19-11-21(29)14-22(30)12-19)35-28(27(20)31)40-25-16-33-24(15-34-25)37-8-4-32-5-9-37/h11-16,18,20,27,32H,2-10,17H2,1H3. The number of nitrogens with one attached hydrogen (secondary N) is 1. The van der Waals surface area contributed by atoms with Gasteiger partial charge in [-0.25, -0.2) is 19.4 Å². The second-order valence-electron chi connectivity index (χ2n) is 10.3. The van der Waals surface area contributed by atoms with Crippen LogP contribution in [0.3, 0.4) is 0 Å². The number of aromatic nitrogens is 2. The highest BCUT2D eigenvalue weighted by Gasteiger charge is 2.34. The van der Waals surface area contributed by atoms with Gasteiger partial charge in [-0.1, -0.05) is 29.3 Å². The molecule has 2 saturated heterocycles. The van der Waals surface area contributed by atoms with Gasteiger partial charge in [-0.2, -0.15) is 0 Å². The summed E-state index contributed by atoms with van der Waals surface area (Å²) >= 11 is 12.5. The maximum Gasteiger partial charge on any atom is 0.305 e. The SMILES string of the molecule is COC(=O)CC1CCN(CC2C=C(c3cc(Cl)cc(Cl)c3)N=C(Oc3cnc(N4CCNCC4)cn3)C2F)CC1. The number of rotatable bonds is 7. The summed E-state index contributed by atoms with van der Waals surface area (Å²) < 4.78 is 26.7. The second kappa shape index (κ2) is 13.2. The predicted octanol–water partition coefficient (Wildman–Crippen LogP) is 4.25. The van der Waals surface area contributed by atoms with Crippen molar-refractivity contribution in [2.45, 2.75) is 25.4 Å². The molecule has 1 N–H and O–H groups in total. The normalized spacial score (nSPS) is 22.4. The van der Waals surface area contributed by atoms with Gasteiger partial charge in [-0.15, -0.1) is 0 Å². The first-order valence-corrected chi connectivity index (χ1v) is 14.3. The molecule has 0 aliphatic carbocycles. The Kier molecular flexibility index (Phi) is 9.52. The maximum atomic E-state index is 16.0. The third kappa shape index (κ3) is 7.28. The van der Waals surface area contributed by atoms with Crippen molar-refractivity contribution < 1.29 is 18.7 Å². The van der Waals surface area contributed by atoms with Gasteiger partial charge in [0, 0.05) is 60.7 Å². The number of likely N-dealkylation sites (tertiary alicyclic amines) is 1. The van der Waals surface area contributed by atoms with Gasteiger partial charge >= 0.3 is 5.97 Å². The lowest BCUT2D eigenvalue weighted by Crippen LogP contribution is -2.44. The number of piperazine rings is 1. The van der Waals surface area contributed by atoms with E-state index < -0.39 is 12.1 Å². The predicted molar refractivity (Wildman–Crippen MR) is 154 cm³/mol. The average molecular weight is 592 g/mol. The zero-order valence-corrected chi connectivity index (χ0v) is 23.9. The van der Waals surface area contributed by atoms with Crippen LogP contribution in [0.25, 0.3) is 5.70 Å². The Hall–Kier alpha value is -2.79. The van der Waals surface area contributed by atoms with Gasteiger partial charge in [0.25, 0.3) is 0 Å². The van der Waals surface area contributed by atoms with Crippen LogP contribution in [0.4, 0.5) is 10.2 Å². The number of anilines is 1. The van der Waals surface area contributed by atoms with Crippen molar-refractivity contribution in [1.82, 2.24) is 20.2 Å². The molecule has 214 valence electrons. The van der Waals surface area contributed by atoms with Crippen LogP contribution in [0.1, 0.15) is 24.8 Å². The lowest BCUT2D eigenvalue weighted by molar-refractivity contribution is -0.142. The molecule has 1 aromatic carbocycles. The van der Waals surface area contributed by atoms with Crippen molar-refractivity contribution >= 4 is 46.6 Å². The molecule has 40 heavy (non-hydrogen) atoms. The Morgan fingerprint density at radius 2 is 1.80 bits per heavy atom. The van der Waals surface area contributed by atoms with Crippen LogP contribution in [0.2, 0.25) is 10.0 Å². The van der Waals surface area contributed by atoms with Gasteiger partial charge in [-0.3, -0.25) is 4.79 Å². The minimum Gasteiger partial charge on any atom is -0.469 e. The number of alkyl halides is 1. The molecule has 9 nitrogen and oxygen atoms in total. The molecule has 2 unspecified atom stereocenters. The number of piperidine rings is 1. The van der Waals surface area contributed by atoms with E-state index in [1.54, 1.807) is 24.4 Å². The molecular formula is C28H33Cl2FN6O3. The van der Waals surface area contributed by atoms with Crippen LogP contribution in [-0.2, 0) is 9.53 Å². The Labute approximate surface area is 243 Å². The fourth-order valence-electron chi connectivity index (χ4n) is 5.29. The van der Waals surface area contributed by atoms with Crippen molar-refractivity contribution in [3.8, 4) is 5.88 Å². The van der Waals surface area contributed by atoms with Gasteiger partial charge in [0.1, 0.15) is 5.82 Å². The molecule has 3 aliphatic rings. The molecule has 5 rings (SSSR count). The van der Waals surface area contributed by atoms with Crippen molar-refractivity contribution in [2.24, 2.45) is 16.8 Å². The fraction of sp³-hybridized carbons (Fsp3) is 0.500. The van der Waals surface area contributed by atoms with E-state index in [0.29, 0.717) is 34.3 Å². The van der Waals surface area contributed by atoms with Crippen molar-refractivity contribution in [3.63, 3.8) is 0 Å². The molecule has 1 aromatic heterocycles. The van der Waals surface area contributed by atoms with E-state index in [0.717, 1.165) is 57.9 Å². The van der Waals surface area contributed by atoms with E-state index in [-0.39, 0.29) is 23.7 Å². The minimum atomic E-state index is -1.49. The average Bonchev–Trinajstić information content (AvgIpc) is 2.96. The summed E-state index contributed by atoms with van der Waals surface area (Å²) in [4.78, 5) is 29.4. The van der Waals surface area contributed by atoms with Crippen molar-refractivity contribution in [1.29, 1.82) is 0 Å². The lowest BCUT2D eigenvalue weighted by Gasteiger charge is -2.35. The molecule has 2 atom stereocenters. The minimum absolute atomic E-state index is 0.0802. The zero-order chi connectivity index (χ0) is 28.1. The molecule has 2 fully saturated rings. The molecule has 0 radical (unpaired) electrons.